The second-order valence-corrected chi connectivity index (χ2v) is 4.99. The Kier molecular flexibility index (Phi) is 2.17. The van der Waals surface area contributed by atoms with Gasteiger partial charge in [0.2, 0.25) is 0 Å². The monoisotopic (exact) mass is 233 g/mol. The van der Waals surface area contributed by atoms with E-state index in [-0.39, 0.29) is 11.6 Å². The van der Waals surface area contributed by atoms with Gasteiger partial charge < -0.3 is 0 Å². The maximum absolute atomic E-state index is 11.1. The summed E-state index contributed by atoms with van der Waals surface area (Å²) in [5.74, 6) is -0.0133. The van der Waals surface area contributed by atoms with Crippen LogP contribution in [-0.4, -0.2) is 27.6 Å². The van der Waals surface area contributed by atoms with Gasteiger partial charge in [-0.05, 0) is 0 Å². The summed E-state index contributed by atoms with van der Waals surface area (Å²) in [7, 11) is 0. The second kappa shape index (κ2) is 3.04. The molecule has 1 radical (unpaired) electrons. The summed E-state index contributed by atoms with van der Waals surface area (Å²) in [6, 6.07) is 0. The average Bonchev–Trinajstić information content (AvgIpc) is 2.29. The Hall–Kier alpha value is -0.0105. The van der Waals surface area contributed by atoms with Crippen LogP contribution in [0, 0.1) is 0 Å². The third-order valence-corrected chi connectivity index (χ3v) is 4.21. The van der Waals surface area contributed by atoms with Crippen molar-refractivity contribution < 1.29 is 9.53 Å². The first-order chi connectivity index (χ1) is 5.73. The Balaban J connectivity index is 2.13. The number of carbonyl (C=O) groups is 1. The van der Waals surface area contributed by atoms with Gasteiger partial charge in [0.05, 0.1) is 0 Å². The molecule has 1 spiro atoms. The number of carbonyl (C=O) groups excluding carboxylic acids is 1. The predicted molar refractivity (Wildman–Crippen MR) is 46.0 cm³/mol. The molecule has 1 unspecified atom stereocenters. The summed E-state index contributed by atoms with van der Waals surface area (Å²) in [6.45, 7) is 0. The van der Waals surface area contributed by atoms with E-state index in [1.54, 1.807) is 0 Å². The predicted octanol–water partition coefficient (Wildman–Crippen LogP) is 1.59. The van der Waals surface area contributed by atoms with Crippen molar-refractivity contribution in [1.29, 1.82) is 0 Å². The van der Waals surface area contributed by atoms with Crippen molar-refractivity contribution in [1.82, 2.24) is 0 Å². The summed E-state index contributed by atoms with van der Waals surface area (Å²) in [4.78, 5) is 11.4. The molecular formula is C9H13O2Se. The van der Waals surface area contributed by atoms with Gasteiger partial charge in [-0.2, -0.15) is 0 Å². The van der Waals surface area contributed by atoms with E-state index in [0.29, 0.717) is 11.2 Å². The summed E-state index contributed by atoms with van der Waals surface area (Å²) in [5, 5.41) is 0. The molecule has 2 aliphatic rings. The van der Waals surface area contributed by atoms with Crippen LogP contribution in [0.3, 0.4) is 0 Å². The van der Waals surface area contributed by atoms with Gasteiger partial charge in [-0.3, -0.25) is 0 Å². The van der Waals surface area contributed by atoms with Crippen LogP contribution in [0.25, 0.3) is 0 Å². The average molecular weight is 232 g/mol. The number of ether oxygens (including phenoxy) is 1. The van der Waals surface area contributed by atoms with Gasteiger partial charge in [0.15, 0.2) is 0 Å². The van der Waals surface area contributed by atoms with Crippen molar-refractivity contribution in [3.8, 4) is 0 Å². The molecule has 1 heterocycles. The first-order valence-corrected chi connectivity index (χ1v) is 5.59. The minimum absolute atomic E-state index is 0.0133. The fourth-order valence-electron chi connectivity index (χ4n) is 2.25. The van der Waals surface area contributed by atoms with Crippen LogP contribution < -0.4 is 0 Å². The molecule has 0 bridgehead atoms. The third-order valence-electron chi connectivity index (χ3n) is 2.96. The molecule has 0 N–H and O–H groups in total. The van der Waals surface area contributed by atoms with E-state index < -0.39 is 0 Å². The molecule has 2 fully saturated rings. The van der Waals surface area contributed by atoms with Gasteiger partial charge >= 0.3 is 80.5 Å². The molecule has 0 aromatic rings. The zero-order chi connectivity index (χ0) is 8.60. The molecule has 0 aromatic heterocycles. The van der Waals surface area contributed by atoms with E-state index in [1.807, 2.05) is 0 Å². The Morgan fingerprint density at radius 2 is 2.00 bits per heavy atom. The van der Waals surface area contributed by atoms with Gasteiger partial charge in [-0.25, -0.2) is 0 Å². The van der Waals surface area contributed by atoms with Gasteiger partial charge in [0.25, 0.3) is 0 Å². The van der Waals surface area contributed by atoms with Crippen molar-refractivity contribution >= 4 is 22.0 Å². The number of hydrogen-bond acceptors (Lipinski definition) is 2. The Morgan fingerprint density at radius 3 is 2.50 bits per heavy atom. The van der Waals surface area contributed by atoms with Crippen molar-refractivity contribution in [2.45, 2.75) is 48.9 Å². The molecule has 1 aliphatic carbocycles. The molecule has 0 amide bonds. The number of esters is 1. The van der Waals surface area contributed by atoms with E-state index in [9.17, 15) is 4.79 Å². The summed E-state index contributed by atoms with van der Waals surface area (Å²) in [5.41, 5.74) is -0.102. The molecular weight excluding hydrogens is 219 g/mol. The molecule has 1 saturated carbocycles. The fraction of sp³-hybridized carbons (Fsp3) is 0.889. The van der Waals surface area contributed by atoms with Crippen LogP contribution in [0.15, 0.2) is 0 Å². The van der Waals surface area contributed by atoms with Crippen LogP contribution in [-0.2, 0) is 9.53 Å². The van der Waals surface area contributed by atoms with E-state index in [2.05, 4.69) is 16.0 Å². The molecule has 1 atom stereocenters. The summed E-state index contributed by atoms with van der Waals surface area (Å²) < 4.78 is 5.43. The Bertz CT molecular complexity index is 197. The van der Waals surface area contributed by atoms with E-state index in [1.165, 1.54) is 19.3 Å². The molecule has 2 rings (SSSR count). The van der Waals surface area contributed by atoms with Crippen molar-refractivity contribution in [3.05, 3.63) is 0 Å². The zero-order valence-corrected chi connectivity index (χ0v) is 8.76. The second-order valence-electron chi connectivity index (χ2n) is 3.79. The molecule has 1 saturated heterocycles. The van der Waals surface area contributed by atoms with Gasteiger partial charge in [0.1, 0.15) is 0 Å². The molecule has 2 nitrogen and oxygen atoms in total. The molecule has 12 heavy (non-hydrogen) atoms. The first kappa shape index (κ1) is 8.58. The van der Waals surface area contributed by atoms with Crippen LogP contribution in [0.2, 0.25) is 4.82 Å². The van der Waals surface area contributed by atoms with E-state index >= 15 is 0 Å². The van der Waals surface area contributed by atoms with Crippen molar-refractivity contribution in [2.24, 2.45) is 0 Å². The van der Waals surface area contributed by atoms with E-state index in [0.717, 1.165) is 12.8 Å². The van der Waals surface area contributed by atoms with Crippen molar-refractivity contribution in [3.63, 3.8) is 0 Å². The van der Waals surface area contributed by atoms with Crippen LogP contribution in [0.4, 0.5) is 0 Å². The minimum atomic E-state index is -0.102. The normalized spacial score (nSPS) is 33.8. The Morgan fingerprint density at radius 1 is 1.33 bits per heavy atom. The van der Waals surface area contributed by atoms with Crippen LogP contribution in [0.1, 0.15) is 38.5 Å². The van der Waals surface area contributed by atoms with Gasteiger partial charge in [0, 0.05) is 0 Å². The zero-order valence-electron chi connectivity index (χ0n) is 7.04. The van der Waals surface area contributed by atoms with Crippen molar-refractivity contribution in [2.75, 3.05) is 0 Å². The van der Waals surface area contributed by atoms with E-state index in [4.69, 9.17) is 4.74 Å². The topological polar surface area (TPSA) is 26.3 Å². The third kappa shape index (κ3) is 1.29. The Labute approximate surface area is 80.9 Å². The van der Waals surface area contributed by atoms with Crippen LogP contribution >= 0.6 is 0 Å². The molecule has 1 aliphatic heterocycles. The first-order valence-electron chi connectivity index (χ1n) is 4.61. The molecule has 3 heteroatoms. The number of rotatable bonds is 0. The quantitative estimate of drug-likeness (QED) is 0.468. The molecule has 67 valence electrons. The number of hydrogen-bond donors (Lipinski definition) is 0. The molecule has 0 aromatic carbocycles. The SMILES string of the molecule is O=C1CC([Se])C2(CCCCC2)O1. The standard InChI is InChI=1S/C9H13O2Se/c10-8-6-7(12)9(11-8)4-2-1-3-5-9/h7H,1-6H2. The fourth-order valence-corrected chi connectivity index (χ4v) is 3.13. The maximum atomic E-state index is 11.1. The summed E-state index contributed by atoms with van der Waals surface area (Å²) >= 11 is 3.08. The summed E-state index contributed by atoms with van der Waals surface area (Å²) in [6.07, 6.45) is 6.44. The van der Waals surface area contributed by atoms with Gasteiger partial charge in [-0.1, -0.05) is 0 Å². The van der Waals surface area contributed by atoms with Crippen LogP contribution in [0.5, 0.6) is 0 Å². The van der Waals surface area contributed by atoms with Gasteiger partial charge in [-0.15, -0.1) is 0 Å².